The van der Waals surface area contributed by atoms with Crippen LogP contribution < -0.4 is 5.73 Å². The molecule has 0 amide bonds. The van der Waals surface area contributed by atoms with E-state index in [0.29, 0.717) is 21.3 Å². The van der Waals surface area contributed by atoms with E-state index in [4.69, 9.17) is 11.0 Å². The number of benzene rings is 1. The lowest BCUT2D eigenvalue weighted by atomic mass is 10.1. The molecular formula is C9H7BrN2O. The topological polar surface area (TPSA) is 66.9 Å². The van der Waals surface area contributed by atoms with Gasteiger partial charge in [-0.3, -0.25) is 4.79 Å². The summed E-state index contributed by atoms with van der Waals surface area (Å²) in [5.74, 6) is -0.143. The van der Waals surface area contributed by atoms with Gasteiger partial charge in [0.2, 0.25) is 0 Å². The van der Waals surface area contributed by atoms with E-state index in [0.717, 1.165) is 0 Å². The van der Waals surface area contributed by atoms with Crippen molar-refractivity contribution >= 4 is 27.4 Å². The Morgan fingerprint density at radius 3 is 2.69 bits per heavy atom. The lowest BCUT2D eigenvalue weighted by Crippen LogP contribution is -2.01. The number of anilines is 1. The van der Waals surface area contributed by atoms with E-state index in [1.807, 2.05) is 6.07 Å². The van der Waals surface area contributed by atoms with Crippen LogP contribution in [-0.4, -0.2) is 5.78 Å². The molecule has 3 nitrogen and oxygen atoms in total. The van der Waals surface area contributed by atoms with Gasteiger partial charge in [0.1, 0.15) is 0 Å². The molecule has 0 unspecified atom stereocenters. The highest BCUT2D eigenvalue weighted by Gasteiger charge is 2.09. The molecule has 1 aromatic carbocycles. The number of rotatable bonds is 1. The van der Waals surface area contributed by atoms with Gasteiger partial charge in [-0.2, -0.15) is 5.26 Å². The number of nitrogen functional groups attached to an aromatic ring is 1. The maximum absolute atomic E-state index is 11.1. The molecule has 0 aromatic heterocycles. The van der Waals surface area contributed by atoms with Gasteiger partial charge >= 0.3 is 0 Å². The largest absolute Gasteiger partial charge is 0.397 e. The maximum Gasteiger partial charge on any atom is 0.161 e. The van der Waals surface area contributed by atoms with Crippen LogP contribution in [0.3, 0.4) is 0 Å². The third-order valence-electron chi connectivity index (χ3n) is 1.64. The standard InChI is InChI=1S/C9H7BrN2O/c1-5(13)7-2-6(4-11)3-8(10)9(7)12/h2-3H,12H2,1H3. The van der Waals surface area contributed by atoms with Crippen molar-refractivity contribution in [3.63, 3.8) is 0 Å². The van der Waals surface area contributed by atoms with Crippen molar-refractivity contribution in [3.8, 4) is 6.07 Å². The van der Waals surface area contributed by atoms with E-state index in [1.54, 1.807) is 6.07 Å². The molecule has 0 spiro atoms. The summed E-state index contributed by atoms with van der Waals surface area (Å²) >= 11 is 3.18. The lowest BCUT2D eigenvalue weighted by Gasteiger charge is -2.04. The Labute approximate surface area is 84.3 Å². The Bertz CT molecular complexity index is 407. The summed E-state index contributed by atoms with van der Waals surface area (Å²) in [4.78, 5) is 11.1. The number of halogens is 1. The molecule has 0 saturated heterocycles. The summed E-state index contributed by atoms with van der Waals surface area (Å²) in [6.45, 7) is 1.42. The molecule has 1 rings (SSSR count). The van der Waals surface area contributed by atoms with Crippen LogP contribution in [0.5, 0.6) is 0 Å². The van der Waals surface area contributed by atoms with E-state index < -0.39 is 0 Å². The summed E-state index contributed by atoms with van der Waals surface area (Å²) in [5.41, 5.74) is 6.81. The molecule has 0 aliphatic carbocycles. The van der Waals surface area contributed by atoms with Gasteiger partial charge < -0.3 is 5.73 Å². The molecule has 4 heteroatoms. The average molecular weight is 239 g/mol. The molecule has 1 aromatic rings. The Morgan fingerprint density at radius 2 is 2.23 bits per heavy atom. The predicted molar refractivity (Wildman–Crippen MR) is 53.3 cm³/mol. The number of nitrogens with zero attached hydrogens (tertiary/aromatic N) is 1. The number of nitriles is 1. The van der Waals surface area contributed by atoms with E-state index >= 15 is 0 Å². The quantitative estimate of drug-likeness (QED) is 0.602. The summed E-state index contributed by atoms with van der Waals surface area (Å²) in [6, 6.07) is 5.03. The van der Waals surface area contributed by atoms with Gasteiger partial charge in [0.05, 0.1) is 17.3 Å². The minimum atomic E-state index is -0.143. The zero-order valence-corrected chi connectivity index (χ0v) is 8.55. The molecule has 0 aliphatic rings. The van der Waals surface area contributed by atoms with Crippen LogP contribution in [0.2, 0.25) is 0 Å². The predicted octanol–water partition coefficient (Wildman–Crippen LogP) is 2.11. The molecule has 0 saturated carbocycles. The zero-order chi connectivity index (χ0) is 10.0. The van der Waals surface area contributed by atoms with Crippen LogP contribution in [0.1, 0.15) is 22.8 Å². The SMILES string of the molecule is CC(=O)c1cc(C#N)cc(Br)c1N. The molecule has 0 atom stereocenters. The smallest absolute Gasteiger partial charge is 0.161 e. The summed E-state index contributed by atoms with van der Waals surface area (Å²) in [6.07, 6.45) is 0. The van der Waals surface area contributed by atoms with Crippen molar-refractivity contribution < 1.29 is 4.79 Å². The molecule has 13 heavy (non-hydrogen) atoms. The van der Waals surface area contributed by atoms with Gasteiger partial charge in [0.25, 0.3) is 0 Å². The van der Waals surface area contributed by atoms with Crippen molar-refractivity contribution in [1.29, 1.82) is 5.26 Å². The first-order valence-electron chi connectivity index (χ1n) is 3.56. The van der Waals surface area contributed by atoms with Crippen LogP contribution in [0, 0.1) is 11.3 Å². The highest BCUT2D eigenvalue weighted by molar-refractivity contribution is 9.10. The summed E-state index contributed by atoms with van der Waals surface area (Å²) < 4.78 is 0.580. The van der Waals surface area contributed by atoms with Crippen LogP contribution >= 0.6 is 15.9 Å². The first-order chi connectivity index (χ1) is 6.06. The number of ketones is 1. The lowest BCUT2D eigenvalue weighted by molar-refractivity contribution is 0.101. The Morgan fingerprint density at radius 1 is 1.62 bits per heavy atom. The summed E-state index contributed by atoms with van der Waals surface area (Å²) in [7, 11) is 0. The van der Waals surface area contributed by atoms with Crippen molar-refractivity contribution in [2.45, 2.75) is 6.92 Å². The molecular weight excluding hydrogens is 232 g/mol. The molecule has 66 valence electrons. The minimum Gasteiger partial charge on any atom is -0.397 e. The molecule has 0 fully saturated rings. The van der Waals surface area contributed by atoms with Gasteiger partial charge in [-0.15, -0.1) is 0 Å². The van der Waals surface area contributed by atoms with Crippen molar-refractivity contribution in [3.05, 3.63) is 27.7 Å². The monoisotopic (exact) mass is 238 g/mol. The molecule has 2 N–H and O–H groups in total. The molecule has 0 radical (unpaired) electrons. The molecule has 0 bridgehead atoms. The highest BCUT2D eigenvalue weighted by Crippen LogP contribution is 2.25. The van der Waals surface area contributed by atoms with Crippen LogP contribution in [-0.2, 0) is 0 Å². The first kappa shape index (κ1) is 9.75. The fourth-order valence-corrected chi connectivity index (χ4v) is 1.43. The van der Waals surface area contributed by atoms with Gasteiger partial charge in [0.15, 0.2) is 5.78 Å². The Hall–Kier alpha value is -1.34. The van der Waals surface area contributed by atoms with E-state index in [9.17, 15) is 4.79 Å². The second kappa shape index (κ2) is 3.58. The van der Waals surface area contributed by atoms with Crippen molar-refractivity contribution in [2.24, 2.45) is 0 Å². The zero-order valence-electron chi connectivity index (χ0n) is 6.97. The number of nitrogens with two attached hydrogens (primary N) is 1. The highest BCUT2D eigenvalue weighted by atomic mass is 79.9. The van der Waals surface area contributed by atoms with Crippen LogP contribution in [0.4, 0.5) is 5.69 Å². The third kappa shape index (κ3) is 1.87. The van der Waals surface area contributed by atoms with Gasteiger partial charge in [-0.25, -0.2) is 0 Å². The van der Waals surface area contributed by atoms with Gasteiger partial charge in [0, 0.05) is 10.0 Å². The average Bonchev–Trinajstić information content (AvgIpc) is 2.09. The van der Waals surface area contributed by atoms with Crippen LogP contribution in [0.15, 0.2) is 16.6 Å². The molecule has 0 aliphatic heterocycles. The first-order valence-corrected chi connectivity index (χ1v) is 4.35. The van der Waals surface area contributed by atoms with Gasteiger partial charge in [-0.05, 0) is 35.0 Å². The fourth-order valence-electron chi connectivity index (χ4n) is 0.974. The number of hydrogen-bond donors (Lipinski definition) is 1. The number of carbonyl (C=O) groups is 1. The van der Waals surface area contributed by atoms with Gasteiger partial charge in [-0.1, -0.05) is 0 Å². The number of carbonyl (C=O) groups excluding carboxylic acids is 1. The Balaban J connectivity index is 3.44. The number of Topliss-reactive ketones (excluding diaryl/α,β-unsaturated/α-hetero) is 1. The normalized spacial score (nSPS) is 9.31. The summed E-state index contributed by atoms with van der Waals surface area (Å²) in [5, 5.41) is 8.64. The molecule has 0 heterocycles. The van der Waals surface area contributed by atoms with E-state index in [1.165, 1.54) is 13.0 Å². The van der Waals surface area contributed by atoms with Crippen molar-refractivity contribution in [1.82, 2.24) is 0 Å². The second-order valence-corrected chi connectivity index (χ2v) is 3.44. The second-order valence-electron chi connectivity index (χ2n) is 2.59. The Kier molecular flexibility index (Phi) is 2.69. The third-order valence-corrected chi connectivity index (χ3v) is 2.29. The van der Waals surface area contributed by atoms with E-state index in [-0.39, 0.29) is 5.78 Å². The number of hydrogen-bond acceptors (Lipinski definition) is 3. The maximum atomic E-state index is 11.1. The minimum absolute atomic E-state index is 0.143. The van der Waals surface area contributed by atoms with Crippen LogP contribution in [0.25, 0.3) is 0 Å². The van der Waals surface area contributed by atoms with E-state index in [2.05, 4.69) is 15.9 Å². The van der Waals surface area contributed by atoms with Crippen molar-refractivity contribution in [2.75, 3.05) is 5.73 Å². The fraction of sp³-hybridized carbons (Fsp3) is 0.111.